The maximum Gasteiger partial charge on any atom is 0.227 e. The van der Waals surface area contributed by atoms with E-state index in [1.807, 2.05) is 65.6 Å². The summed E-state index contributed by atoms with van der Waals surface area (Å²) in [6.45, 7) is 6.00. The summed E-state index contributed by atoms with van der Waals surface area (Å²) in [6, 6.07) is 29.3. The molecule has 2 aliphatic carbocycles. The van der Waals surface area contributed by atoms with Crippen molar-refractivity contribution in [3.63, 3.8) is 0 Å². The monoisotopic (exact) mass is 599 g/mol. The Morgan fingerprint density at radius 2 is 1.49 bits per heavy atom. The standard InChI is InChI=1S/C38H35NO4.C2H4.H2/c40-34-23-27(21-24-9-2-1-3-10-24)28-13-4-5-17-32(28)39(33-18-8-14-29(33)34)36(42)20-19-26-22-35(41)30-15-6-11-25-12-7-16-31(37(25)30)38(26)43;1-2;/h1-7,9-13,15-17,26-27,29,33H,8,14,18-23H2;1-2H2;1H. The molecule has 7 rings (SSSR count). The summed E-state index contributed by atoms with van der Waals surface area (Å²) in [5.41, 5.74) is 4.24. The molecule has 1 saturated carbocycles. The molecular weight excluding hydrogens is 558 g/mol. The van der Waals surface area contributed by atoms with Crippen molar-refractivity contribution in [2.75, 3.05) is 4.90 Å². The zero-order valence-corrected chi connectivity index (χ0v) is 25.6. The van der Waals surface area contributed by atoms with Crippen LogP contribution >= 0.6 is 0 Å². The van der Waals surface area contributed by atoms with Crippen LogP contribution in [-0.4, -0.2) is 29.3 Å². The Kier molecular flexibility index (Phi) is 8.88. The van der Waals surface area contributed by atoms with E-state index in [9.17, 15) is 19.2 Å². The van der Waals surface area contributed by atoms with Gasteiger partial charge in [0.2, 0.25) is 5.91 Å². The number of carbonyl (C=O) groups is 4. The SMILES string of the molecule is C=C.O=C1CC(CCC(=O)N2c3ccccc3C(Cc3ccccc3)CC(=O)C3CCCC32)C(=O)c2cccc3cccc1c23.[HH]. The van der Waals surface area contributed by atoms with Gasteiger partial charge in [0.1, 0.15) is 5.78 Å². The average molecular weight is 600 g/mol. The van der Waals surface area contributed by atoms with Gasteiger partial charge in [-0.05, 0) is 54.2 Å². The molecule has 4 aromatic rings. The fraction of sp³-hybridized carbons (Fsp3) is 0.300. The van der Waals surface area contributed by atoms with Crippen molar-refractivity contribution in [3.8, 4) is 0 Å². The molecule has 4 aromatic carbocycles. The number of hydrogen-bond donors (Lipinski definition) is 0. The van der Waals surface area contributed by atoms with Gasteiger partial charge in [0, 0.05) is 60.8 Å². The van der Waals surface area contributed by atoms with Crippen LogP contribution < -0.4 is 4.90 Å². The summed E-state index contributed by atoms with van der Waals surface area (Å²) < 4.78 is 0. The van der Waals surface area contributed by atoms with E-state index in [0.29, 0.717) is 24.0 Å². The number of hydrogen-bond acceptors (Lipinski definition) is 4. The zero-order valence-electron chi connectivity index (χ0n) is 25.6. The first kappa shape index (κ1) is 30.4. The summed E-state index contributed by atoms with van der Waals surface area (Å²) in [5.74, 6) is -0.716. The van der Waals surface area contributed by atoms with Gasteiger partial charge in [-0.15, -0.1) is 13.2 Å². The molecule has 5 nitrogen and oxygen atoms in total. The molecule has 0 N–H and O–H groups in total. The van der Waals surface area contributed by atoms with Crippen LogP contribution in [0.15, 0.2) is 104 Å². The topological polar surface area (TPSA) is 71.5 Å². The van der Waals surface area contributed by atoms with Gasteiger partial charge in [-0.25, -0.2) is 0 Å². The van der Waals surface area contributed by atoms with E-state index in [1.54, 1.807) is 12.1 Å². The van der Waals surface area contributed by atoms with Gasteiger partial charge < -0.3 is 4.90 Å². The highest BCUT2D eigenvalue weighted by molar-refractivity contribution is 6.20. The van der Waals surface area contributed by atoms with Gasteiger partial charge in [0.05, 0.1) is 0 Å². The minimum absolute atomic E-state index is 0. The van der Waals surface area contributed by atoms with Gasteiger partial charge in [-0.2, -0.15) is 0 Å². The molecule has 0 saturated heterocycles. The van der Waals surface area contributed by atoms with E-state index in [0.717, 1.165) is 47.7 Å². The number of Topliss-reactive ketones (excluding diaryl/α,β-unsaturated/α-hetero) is 3. The Morgan fingerprint density at radius 1 is 0.778 bits per heavy atom. The van der Waals surface area contributed by atoms with E-state index < -0.39 is 5.92 Å². The van der Waals surface area contributed by atoms with Crippen LogP contribution in [0.25, 0.3) is 10.8 Å². The number of ketones is 3. The Hall–Kier alpha value is -4.64. The van der Waals surface area contributed by atoms with Gasteiger partial charge in [-0.3, -0.25) is 19.2 Å². The van der Waals surface area contributed by atoms with Gasteiger partial charge >= 0.3 is 0 Å². The molecule has 0 spiro atoms. The van der Waals surface area contributed by atoms with Crippen LogP contribution in [0.4, 0.5) is 5.69 Å². The first-order valence-corrected chi connectivity index (χ1v) is 16.1. The molecule has 1 amide bonds. The van der Waals surface area contributed by atoms with Crippen LogP contribution in [0.2, 0.25) is 0 Å². The molecule has 45 heavy (non-hydrogen) atoms. The third-order valence-corrected chi connectivity index (χ3v) is 9.88. The second-order valence-corrected chi connectivity index (χ2v) is 12.4. The van der Waals surface area contributed by atoms with Crippen LogP contribution in [0, 0.1) is 11.8 Å². The first-order valence-electron chi connectivity index (χ1n) is 16.1. The van der Waals surface area contributed by atoms with E-state index in [4.69, 9.17) is 0 Å². The van der Waals surface area contributed by atoms with Crippen molar-refractivity contribution in [1.82, 2.24) is 0 Å². The van der Waals surface area contributed by atoms with Crippen molar-refractivity contribution in [3.05, 3.63) is 126 Å². The van der Waals surface area contributed by atoms with Crippen LogP contribution in [0.3, 0.4) is 0 Å². The van der Waals surface area contributed by atoms with Gasteiger partial charge in [0.25, 0.3) is 0 Å². The minimum atomic E-state index is -0.564. The van der Waals surface area contributed by atoms with Crippen molar-refractivity contribution < 1.29 is 20.6 Å². The molecule has 0 aromatic heterocycles. The molecule has 4 atom stereocenters. The lowest BCUT2D eigenvalue weighted by atomic mass is 9.80. The number of benzene rings is 4. The second kappa shape index (κ2) is 13.2. The molecule has 0 bridgehead atoms. The van der Waals surface area contributed by atoms with Crippen LogP contribution in [-0.2, 0) is 16.0 Å². The number of fused-ring (bicyclic) bond motifs is 2. The van der Waals surface area contributed by atoms with E-state index in [1.165, 1.54) is 5.56 Å². The molecule has 5 heteroatoms. The van der Waals surface area contributed by atoms with Crippen molar-refractivity contribution in [2.45, 2.75) is 63.3 Å². The Balaban J connectivity index is 0.00000136. The van der Waals surface area contributed by atoms with Crippen molar-refractivity contribution in [1.29, 1.82) is 0 Å². The fourth-order valence-corrected chi connectivity index (χ4v) is 7.84. The molecular formula is C40H41NO4. The molecule has 230 valence electrons. The number of para-hydroxylation sites is 1. The highest BCUT2D eigenvalue weighted by Crippen LogP contribution is 2.43. The molecule has 1 heterocycles. The maximum absolute atomic E-state index is 14.3. The Bertz CT molecular complexity index is 1760. The van der Waals surface area contributed by atoms with Crippen molar-refractivity contribution in [2.24, 2.45) is 11.8 Å². The predicted molar refractivity (Wildman–Crippen MR) is 181 cm³/mol. The number of rotatable bonds is 5. The molecule has 4 unspecified atom stereocenters. The quantitative estimate of drug-likeness (QED) is 0.216. The third kappa shape index (κ3) is 5.80. The molecule has 0 radical (unpaired) electrons. The highest BCUT2D eigenvalue weighted by atomic mass is 16.2. The summed E-state index contributed by atoms with van der Waals surface area (Å²) in [6.07, 6.45) is 4.24. The van der Waals surface area contributed by atoms with Gasteiger partial charge in [0.15, 0.2) is 11.6 Å². The summed E-state index contributed by atoms with van der Waals surface area (Å²) in [5, 5.41) is 1.61. The maximum atomic E-state index is 14.3. The lowest BCUT2D eigenvalue weighted by Crippen LogP contribution is -2.47. The minimum Gasteiger partial charge on any atom is -0.308 e. The molecule has 1 aliphatic heterocycles. The van der Waals surface area contributed by atoms with Gasteiger partial charge in [-0.1, -0.05) is 91.3 Å². The Labute approximate surface area is 266 Å². The lowest BCUT2D eigenvalue weighted by Gasteiger charge is -2.38. The molecule has 3 aliphatic rings. The summed E-state index contributed by atoms with van der Waals surface area (Å²) in [7, 11) is 0. The summed E-state index contributed by atoms with van der Waals surface area (Å²) >= 11 is 0. The molecule has 1 fully saturated rings. The van der Waals surface area contributed by atoms with E-state index >= 15 is 0 Å². The number of carbonyl (C=O) groups excluding carboxylic acids is 4. The van der Waals surface area contributed by atoms with Crippen LogP contribution in [0.5, 0.6) is 0 Å². The largest absolute Gasteiger partial charge is 0.308 e. The lowest BCUT2D eigenvalue weighted by molar-refractivity contribution is -0.124. The second-order valence-electron chi connectivity index (χ2n) is 12.4. The predicted octanol–water partition coefficient (Wildman–Crippen LogP) is 8.55. The third-order valence-electron chi connectivity index (χ3n) is 9.88. The number of nitrogens with zero attached hydrogens (tertiary/aromatic N) is 1. The zero-order chi connectivity index (χ0) is 31.5. The highest BCUT2D eigenvalue weighted by Gasteiger charge is 2.43. The normalized spacial score (nSPS) is 22.4. The van der Waals surface area contributed by atoms with E-state index in [2.05, 4.69) is 31.4 Å². The van der Waals surface area contributed by atoms with E-state index in [-0.39, 0.29) is 55.4 Å². The van der Waals surface area contributed by atoms with Crippen LogP contribution in [0.1, 0.15) is 84.1 Å². The number of amides is 1. The first-order chi connectivity index (χ1) is 22.0. The number of anilines is 1. The fourth-order valence-electron chi connectivity index (χ4n) is 7.84. The summed E-state index contributed by atoms with van der Waals surface area (Å²) in [4.78, 5) is 57.0. The van der Waals surface area contributed by atoms with Crippen molar-refractivity contribution >= 4 is 39.7 Å². The average Bonchev–Trinajstić information content (AvgIpc) is 3.52. The smallest absolute Gasteiger partial charge is 0.227 e. The Morgan fingerprint density at radius 3 is 2.27 bits per heavy atom.